The molecule has 1 fully saturated rings. The first-order valence-corrected chi connectivity index (χ1v) is 9.21. The molecule has 4 heteroatoms. The number of benzene rings is 2. The average molecular weight is 338 g/mol. The van der Waals surface area contributed by atoms with Crippen LogP contribution in [-0.2, 0) is 16.0 Å². The van der Waals surface area contributed by atoms with Gasteiger partial charge in [-0.1, -0.05) is 49.4 Å². The Balaban J connectivity index is 1.67. The molecule has 0 radical (unpaired) electrons. The number of carbonyl (C=O) groups excluding carboxylic acids is 2. The fourth-order valence-electron chi connectivity index (χ4n) is 3.53. The van der Waals surface area contributed by atoms with Gasteiger partial charge in [-0.15, -0.1) is 0 Å². The van der Waals surface area contributed by atoms with Gasteiger partial charge >= 0.3 is 0 Å². The van der Waals surface area contributed by atoms with Crippen molar-refractivity contribution in [3.05, 3.63) is 48.0 Å². The zero-order chi connectivity index (χ0) is 17.6. The lowest BCUT2D eigenvalue weighted by Crippen LogP contribution is -2.46. The van der Waals surface area contributed by atoms with Crippen LogP contribution in [0.25, 0.3) is 10.8 Å². The van der Waals surface area contributed by atoms with Crippen molar-refractivity contribution in [3.8, 4) is 0 Å². The van der Waals surface area contributed by atoms with Gasteiger partial charge in [-0.25, -0.2) is 0 Å². The standard InChI is InChI=1S/C21H26N2O2/c1-2-12-22-21(25)18-10-6-13-23(15-18)20(24)14-17-9-5-8-16-7-3-4-11-19(16)17/h3-5,7-9,11,18H,2,6,10,12-15H2,1H3,(H,22,25). The molecule has 0 aliphatic carbocycles. The van der Waals surface area contributed by atoms with Crippen molar-refractivity contribution in [3.63, 3.8) is 0 Å². The number of likely N-dealkylation sites (tertiary alicyclic amines) is 1. The first-order valence-electron chi connectivity index (χ1n) is 9.21. The van der Waals surface area contributed by atoms with Crippen molar-refractivity contribution < 1.29 is 9.59 Å². The number of hydrogen-bond acceptors (Lipinski definition) is 2. The summed E-state index contributed by atoms with van der Waals surface area (Å²) in [6.07, 6.45) is 3.09. The van der Waals surface area contributed by atoms with E-state index < -0.39 is 0 Å². The van der Waals surface area contributed by atoms with Crippen LogP contribution in [0.15, 0.2) is 42.5 Å². The number of nitrogens with zero attached hydrogens (tertiary/aromatic N) is 1. The number of fused-ring (bicyclic) bond motifs is 1. The SMILES string of the molecule is CCCNC(=O)C1CCCN(C(=O)Cc2cccc3ccccc23)C1. The molecule has 2 aromatic carbocycles. The van der Waals surface area contributed by atoms with Crippen molar-refractivity contribution in [1.29, 1.82) is 0 Å². The van der Waals surface area contributed by atoms with Gasteiger partial charge in [-0.05, 0) is 35.6 Å². The average Bonchev–Trinajstić information content (AvgIpc) is 2.66. The topological polar surface area (TPSA) is 49.4 Å². The Kier molecular flexibility index (Phi) is 5.69. The summed E-state index contributed by atoms with van der Waals surface area (Å²) in [5.41, 5.74) is 1.06. The smallest absolute Gasteiger partial charge is 0.227 e. The predicted octanol–water partition coefficient (Wildman–Crippen LogP) is 3.15. The Morgan fingerprint density at radius 1 is 1.16 bits per heavy atom. The monoisotopic (exact) mass is 338 g/mol. The Labute approximate surface area is 149 Å². The zero-order valence-electron chi connectivity index (χ0n) is 14.8. The largest absolute Gasteiger partial charge is 0.356 e. The second kappa shape index (κ2) is 8.15. The molecule has 1 unspecified atom stereocenters. The van der Waals surface area contributed by atoms with Crippen LogP contribution in [0.5, 0.6) is 0 Å². The summed E-state index contributed by atoms with van der Waals surface area (Å²) in [4.78, 5) is 26.9. The van der Waals surface area contributed by atoms with Gasteiger partial charge in [-0.3, -0.25) is 9.59 Å². The molecule has 2 aromatic rings. The lowest BCUT2D eigenvalue weighted by molar-refractivity contribution is -0.135. The third-order valence-electron chi connectivity index (χ3n) is 4.92. The minimum Gasteiger partial charge on any atom is -0.356 e. The van der Waals surface area contributed by atoms with Gasteiger partial charge in [0.25, 0.3) is 0 Å². The number of hydrogen-bond donors (Lipinski definition) is 1. The number of carbonyl (C=O) groups is 2. The predicted molar refractivity (Wildman–Crippen MR) is 100 cm³/mol. The van der Waals surface area contributed by atoms with Crippen LogP contribution >= 0.6 is 0 Å². The summed E-state index contributed by atoms with van der Waals surface area (Å²) in [6.45, 7) is 4.04. The van der Waals surface area contributed by atoms with Gasteiger partial charge in [0.05, 0.1) is 12.3 Å². The lowest BCUT2D eigenvalue weighted by Gasteiger charge is -2.32. The van der Waals surface area contributed by atoms with E-state index in [1.807, 2.05) is 36.1 Å². The zero-order valence-corrected chi connectivity index (χ0v) is 14.8. The second-order valence-electron chi connectivity index (χ2n) is 6.78. The van der Waals surface area contributed by atoms with E-state index in [-0.39, 0.29) is 17.7 Å². The Hall–Kier alpha value is -2.36. The van der Waals surface area contributed by atoms with E-state index in [1.54, 1.807) is 0 Å². The summed E-state index contributed by atoms with van der Waals surface area (Å²) in [5, 5.41) is 5.25. The molecule has 0 bridgehead atoms. The van der Waals surface area contributed by atoms with E-state index in [0.717, 1.165) is 42.1 Å². The first-order chi connectivity index (χ1) is 12.2. The maximum Gasteiger partial charge on any atom is 0.227 e. The summed E-state index contributed by atoms with van der Waals surface area (Å²) in [5.74, 6) is 0.130. The van der Waals surface area contributed by atoms with Gasteiger partial charge in [0.1, 0.15) is 0 Å². The molecule has 0 saturated carbocycles. The quantitative estimate of drug-likeness (QED) is 0.910. The van der Waals surface area contributed by atoms with Crippen LogP contribution < -0.4 is 5.32 Å². The molecular weight excluding hydrogens is 312 g/mol. The third kappa shape index (κ3) is 4.19. The summed E-state index contributed by atoms with van der Waals surface area (Å²) in [7, 11) is 0. The molecule has 1 heterocycles. The number of rotatable bonds is 5. The van der Waals surface area contributed by atoms with Crippen LogP contribution in [0.4, 0.5) is 0 Å². The van der Waals surface area contributed by atoms with E-state index in [4.69, 9.17) is 0 Å². The van der Waals surface area contributed by atoms with E-state index in [0.29, 0.717) is 19.5 Å². The van der Waals surface area contributed by atoms with Crippen molar-refractivity contribution in [2.24, 2.45) is 5.92 Å². The molecular formula is C21H26N2O2. The van der Waals surface area contributed by atoms with E-state index in [2.05, 4.69) is 23.5 Å². The number of amides is 2. The Morgan fingerprint density at radius 2 is 1.96 bits per heavy atom. The highest BCUT2D eigenvalue weighted by Crippen LogP contribution is 2.22. The Bertz CT molecular complexity index is 751. The van der Waals surface area contributed by atoms with Crippen LogP contribution in [0, 0.1) is 5.92 Å². The summed E-state index contributed by atoms with van der Waals surface area (Å²) in [6, 6.07) is 14.2. The maximum atomic E-state index is 12.8. The maximum absolute atomic E-state index is 12.8. The second-order valence-corrected chi connectivity index (χ2v) is 6.78. The van der Waals surface area contributed by atoms with Crippen LogP contribution in [0.3, 0.4) is 0 Å². The van der Waals surface area contributed by atoms with Crippen LogP contribution in [-0.4, -0.2) is 36.3 Å². The highest BCUT2D eigenvalue weighted by atomic mass is 16.2. The van der Waals surface area contributed by atoms with Crippen LogP contribution in [0.2, 0.25) is 0 Å². The number of nitrogens with one attached hydrogen (secondary N) is 1. The highest BCUT2D eigenvalue weighted by molar-refractivity contribution is 5.90. The van der Waals surface area contributed by atoms with Crippen LogP contribution in [0.1, 0.15) is 31.7 Å². The van der Waals surface area contributed by atoms with Gasteiger partial charge in [0.15, 0.2) is 0 Å². The van der Waals surface area contributed by atoms with E-state index in [1.165, 1.54) is 0 Å². The molecule has 1 aliphatic rings. The molecule has 132 valence electrons. The molecule has 0 aromatic heterocycles. The number of piperidine rings is 1. The van der Waals surface area contributed by atoms with E-state index >= 15 is 0 Å². The van der Waals surface area contributed by atoms with Gasteiger partial charge in [0.2, 0.25) is 11.8 Å². The van der Waals surface area contributed by atoms with Crippen molar-refractivity contribution in [2.45, 2.75) is 32.6 Å². The molecule has 1 N–H and O–H groups in total. The molecule has 4 nitrogen and oxygen atoms in total. The molecule has 25 heavy (non-hydrogen) atoms. The molecule has 0 spiro atoms. The fraction of sp³-hybridized carbons (Fsp3) is 0.429. The molecule has 1 saturated heterocycles. The highest BCUT2D eigenvalue weighted by Gasteiger charge is 2.28. The molecule has 3 rings (SSSR count). The lowest BCUT2D eigenvalue weighted by atomic mass is 9.96. The van der Waals surface area contributed by atoms with Gasteiger partial charge in [0, 0.05) is 19.6 Å². The molecule has 1 aliphatic heterocycles. The van der Waals surface area contributed by atoms with Gasteiger partial charge < -0.3 is 10.2 Å². The third-order valence-corrected chi connectivity index (χ3v) is 4.92. The molecule has 1 atom stereocenters. The fourth-order valence-corrected chi connectivity index (χ4v) is 3.53. The van der Waals surface area contributed by atoms with Gasteiger partial charge in [-0.2, -0.15) is 0 Å². The van der Waals surface area contributed by atoms with E-state index in [9.17, 15) is 9.59 Å². The van der Waals surface area contributed by atoms with Crippen molar-refractivity contribution >= 4 is 22.6 Å². The minimum atomic E-state index is -0.0724. The summed E-state index contributed by atoms with van der Waals surface area (Å²) < 4.78 is 0. The minimum absolute atomic E-state index is 0.0724. The normalized spacial score (nSPS) is 17.5. The summed E-state index contributed by atoms with van der Waals surface area (Å²) >= 11 is 0. The van der Waals surface area contributed by atoms with Crippen molar-refractivity contribution in [1.82, 2.24) is 10.2 Å². The first kappa shape index (κ1) is 17.5. The van der Waals surface area contributed by atoms with Crippen molar-refractivity contribution in [2.75, 3.05) is 19.6 Å². The molecule has 2 amide bonds. The Morgan fingerprint density at radius 3 is 2.80 bits per heavy atom.